The number of carbonyl (C=O) groups excluding carboxylic acids is 1. The van der Waals surface area contributed by atoms with E-state index >= 15 is 0 Å². The van der Waals surface area contributed by atoms with E-state index in [0.29, 0.717) is 17.2 Å². The summed E-state index contributed by atoms with van der Waals surface area (Å²) in [5.41, 5.74) is 1.86. The monoisotopic (exact) mass is 386 g/mol. The van der Waals surface area contributed by atoms with E-state index in [9.17, 15) is 4.79 Å². The molecule has 1 aromatic carbocycles. The molecule has 2 aromatic rings. The van der Waals surface area contributed by atoms with E-state index < -0.39 is 0 Å². The highest BCUT2D eigenvalue weighted by atomic mass is 79.9. The van der Waals surface area contributed by atoms with Crippen molar-refractivity contribution in [3.05, 3.63) is 45.1 Å². The van der Waals surface area contributed by atoms with Gasteiger partial charge in [0.2, 0.25) is 0 Å². The van der Waals surface area contributed by atoms with Gasteiger partial charge in [0, 0.05) is 11.4 Å². The fourth-order valence-corrected chi connectivity index (χ4v) is 3.52. The maximum atomic E-state index is 12.2. The van der Waals surface area contributed by atoms with Gasteiger partial charge in [-0.3, -0.25) is 9.48 Å². The second-order valence-corrected chi connectivity index (χ2v) is 6.81. The second kappa shape index (κ2) is 7.47. The Morgan fingerprint density at radius 1 is 1.43 bits per heavy atom. The number of nitrogens with zero attached hydrogens (tertiary/aromatic N) is 2. The molecule has 0 fully saturated rings. The molecule has 0 aliphatic carbocycles. The normalized spacial score (nSPS) is 10.9. The number of ketones is 1. The summed E-state index contributed by atoms with van der Waals surface area (Å²) in [6.07, 6.45) is 0.382. The van der Waals surface area contributed by atoms with Gasteiger partial charge in [-0.2, -0.15) is 5.10 Å². The Labute approximate surface area is 142 Å². The van der Waals surface area contributed by atoms with Gasteiger partial charge in [0.15, 0.2) is 0 Å². The van der Waals surface area contributed by atoms with E-state index in [2.05, 4.69) is 21.0 Å². The number of benzene rings is 1. The first-order valence-electron chi connectivity index (χ1n) is 6.63. The van der Waals surface area contributed by atoms with Crippen LogP contribution in [0, 0.1) is 6.92 Å². The zero-order valence-corrected chi connectivity index (χ0v) is 15.1. The van der Waals surface area contributed by atoms with Gasteiger partial charge >= 0.3 is 0 Å². The van der Waals surface area contributed by atoms with E-state index in [1.54, 1.807) is 0 Å². The standard InChI is InChI=1S/C15H16BrClN2OS/c1-3-19-13(15(16)10(2)18-19)8-11(20)9-21-14-7-5-4-6-12(14)17/h4-7H,3,8-9H2,1-2H3. The van der Waals surface area contributed by atoms with Gasteiger partial charge in [0.25, 0.3) is 0 Å². The molecule has 0 radical (unpaired) electrons. The number of hydrogen-bond donors (Lipinski definition) is 0. The molecule has 0 saturated heterocycles. The summed E-state index contributed by atoms with van der Waals surface area (Å²) in [5.74, 6) is 0.569. The summed E-state index contributed by atoms with van der Waals surface area (Å²) in [4.78, 5) is 13.1. The minimum absolute atomic E-state index is 0.162. The topological polar surface area (TPSA) is 34.9 Å². The molecule has 1 heterocycles. The van der Waals surface area contributed by atoms with Crippen molar-refractivity contribution in [3.63, 3.8) is 0 Å². The maximum absolute atomic E-state index is 12.2. The van der Waals surface area contributed by atoms with Crippen LogP contribution in [0.1, 0.15) is 18.3 Å². The van der Waals surface area contributed by atoms with E-state index in [-0.39, 0.29) is 5.78 Å². The van der Waals surface area contributed by atoms with Crippen LogP contribution in [0.4, 0.5) is 0 Å². The van der Waals surface area contributed by atoms with Gasteiger partial charge in [-0.15, -0.1) is 11.8 Å². The van der Waals surface area contributed by atoms with E-state index in [1.807, 2.05) is 42.8 Å². The van der Waals surface area contributed by atoms with Crippen molar-refractivity contribution in [2.75, 3.05) is 5.75 Å². The number of carbonyl (C=O) groups is 1. The zero-order chi connectivity index (χ0) is 15.4. The van der Waals surface area contributed by atoms with E-state index in [1.165, 1.54) is 11.8 Å². The van der Waals surface area contributed by atoms with Gasteiger partial charge in [-0.25, -0.2) is 0 Å². The highest BCUT2D eigenvalue weighted by Gasteiger charge is 2.16. The van der Waals surface area contributed by atoms with Gasteiger partial charge in [0.05, 0.1) is 33.1 Å². The molecule has 0 spiro atoms. The van der Waals surface area contributed by atoms with Gasteiger partial charge in [-0.1, -0.05) is 23.7 Å². The molecule has 0 amide bonds. The highest BCUT2D eigenvalue weighted by molar-refractivity contribution is 9.10. The molecule has 0 unspecified atom stereocenters. The van der Waals surface area contributed by atoms with Crippen molar-refractivity contribution in [2.24, 2.45) is 0 Å². The minimum Gasteiger partial charge on any atom is -0.298 e. The largest absolute Gasteiger partial charge is 0.298 e. The summed E-state index contributed by atoms with van der Waals surface area (Å²) >= 11 is 11.1. The lowest BCUT2D eigenvalue weighted by atomic mass is 10.2. The maximum Gasteiger partial charge on any atom is 0.149 e. The molecule has 0 N–H and O–H groups in total. The van der Waals surface area contributed by atoms with Crippen LogP contribution in [-0.4, -0.2) is 21.3 Å². The predicted octanol–water partition coefficient (Wildman–Crippen LogP) is 4.53. The Bertz CT molecular complexity index is 657. The SMILES string of the molecule is CCn1nc(C)c(Br)c1CC(=O)CSc1ccccc1Cl. The molecule has 2 rings (SSSR count). The first kappa shape index (κ1) is 16.6. The Morgan fingerprint density at radius 3 is 2.81 bits per heavy atom. The summed E-state index contributed by atoms with van der Waals surface area (Å²) in [6, 6.07) is 7.57. The predicted molar refractivity (Wildman–Crippen MR) is 91.2 cm³/mol. The zero-order valence-electron chi connectivity index (χ0n) is 11.9. The fraction of sp³-hybridized carbons (Fsp3) is 0.333. The first-order chi connectivity index (χ1) is 10.0. The molecule has 0 aliphatic heterocycles. The van der Waals surface area contributed by atoms with Crippen molar-refractivity contribution in [1.82, 2.24) is 9.78 Å². The summed E-state index contributed by atoms with van der Waals surface area (Å²) in [6.45, 7) is 4.71. The molecular formula is C15H16BrClN2OS. The van der Waals surface area contributed by atoms with Gasteiger partial charge in [-0.05, 0) is 41.9 Å². The van der Waals surface area contributed by atoms with Crippen molar-refractivity contribution >= 4 is 45.1 Å². The number of halogens is 2. The quantitative estimate of drug-likeness (QED) is 0.683. The van der Waals surface area contributed by atoms with Crippen molar-refractivity contribution in [2.45, 2.75) is 31.7 Å². The van der Waals surface area contributed by atoms with Crippen LogP contribution in [-0.2, 0) is 17.8 Å². The lowest BCUT2D eigenvalue weighted by molar-refractivity contribution is -0.116. The van der Waals surface area contributed by atoms with Gasteiger partial charge < -0.3 is 0 Å². The third-order valence-corrected chi connectivity index (χ3v) is 5.65. The van der Waals surface area contributed by atoms with Crippen LogP contribution in [0.25, 0.3) is 0 Å². The molecule has 6 heteroatoms. The number of hydrogen-bond acceptors (Lipinski definition) is 3. The molecule has 0 saturated carbocycles. The van der Waals surface area contributed by atoms with Crippen LogP contribution in [0.15, 0.2) is 33.6 Å². The number of Topliss-reactive ketones (excluding diaryl/α,β-unsaturated/α-hetero) is 1. The Morgan fingerprint density at radius 2 is 2.14 bits per heavy atom. The third-order valence-electron chi connectivity index (χ3n) is 3.04. The van der Waals surface area contributed by atoms with E-state index in [0.717, 1.165) is 27.3 Å². The van der Waals surface area contributed by atoms with Crippen molar-refractivity contribution < 1.29 is 4.79 Å². The van der Waals surface area contributed by atoms with Crippen LogP contribution < -0.4 is 0 Å². The average molecular weight is 388 g/mol. The number of aryl methyl sites for hydroxylation is 2. The Balaban J connectivity index is 2.01. The minimum atomic E-state index is 0.162. The van der Waals surface area contributed by atoms with Gasteiger partial charge in [0.1, 0.15) is 5.78 Å². The molecule has 0 aliphatic rings. The highest BCUT2D eigenvalue weighted by Crippen LogP contribution is 2.27. The van der Waals surface area contributed by atoms with Crippen molar-refractivity contribution in [3.8, 4) is 0 Å². The summed E-state index contributed by atoms with van der Waals surface area (Å²) in [5, 5.41) is 5.09. The molecule has 3 nitrogen and oxygen atoms in total. The lowest BCUT2D eigenvalue weighted by Gasteiger charge is -2.06. The lowest BCUT2D eigenvalue weighted by Crippen LogP contribution is -2.11. The molecule has 21 heavy (non-hydrogen) atoms. The second-order valence-electron chi connectivity index (χ2n) is 4.60. The van der Waals surface area contributed by atoms with Crippen molar-refractivity contribution in [1.29, 1.82) is 0 Å². The Kier molecular flexibility index (Phi) is 5.90. The smallest absolute Gasteiger partial charge is 0.149 e. The van der Waals surface area contributed by atoms with Crippen LogP contribution in [0.2, 0.25) is 5.02 Å². The fourth-order valence-electron chi connectivity index (χ4n) is 2.00. The molecule has 0 bridgehead atoms. The third kappa shape index (κ3) is 4.11. The van der Waals surface area contributed by atoms with Crippen LogP contribution in [0.3, 0.4) is 0 Å². The molecular weight excluding hydrogens is 372 g/mol. The van der Waals surface area contributed by atoms with Crippen LogP contribution >= 0.6 is 39.3 Å². The summed E-state index contributed by atoms with van der Waals surface area (Å²) < 4.78 is 2.80. The first-order valence-corrected chi connectivity index (χ1v) is 8.79. The van der Waals surface area contributed by atoms with Crippen LogP contribution in [0.5, 0.6) is 0 Å². The number of rotatable bonds is 6. The molecule has 0 atom stereocenters. The molecule has 112 valence electrons. The number of thioether (sulfide) groups is 1. The Hall–Kier alpha value is -0.780. The van der Waals surface area contributed by atoms with E-state index in [4.69, 9.17) is 11.6 Å². The number of aromatic nitrogens is 2. The summed E-state index contributed by atoms with van der Waals surface area (Å²) in [7, 11) is 0. The molecule has 1 aromatic heterocycles. The average Bonchev–Trinajstić information content (AvgIpc) is 2.74.